The molecule has 2 N–H and O–H groups in total. The Labute approximate surface area is 181 Å². The molecular weight excluding hydrogens is 505 g/mol. The van der Waals surface area contributed by atoms with Crippen LogP contribution in [0.3, 0.4) is 0 Å². The van der Waals surface area contributed by atoms with Gasteiger partial charge in [-0.25, -0.2) is 16.8 Å². The molecule has 19 heteroatoms. The van der Waals surface area contributed by atoms with Crippen molar-refractivity contribution in [2.75, 3.05) is 11.5 Å². The van der Waals surface area contributed by atoms with E-state index >= 15 is 0 Å². The maximum atomic E-state index is 12.7. The standard InChI is InChI=1S/C14H9F3N4O10S2/c15-14(16,17)19-33(28,29)13-9(20(22)23)4-8(5-10(13)21(24)25)32(26,27)18-7-1-2-11-12(3-7)31-6-30-11/h1-5,18-19H,6H2. The number of nitro groups is 2. The summed E-state index contributed by atoms with van der Waals surface area (Å²) in [5.74, 6) is 0.405. The molecule has 0 radical (unpaired) electrons. The van der Waals surface area contributed by atoms with Gasteiger partial charge in [0, 0.05) is 18.2 Å². The van der Waals surface area contributed by atoms with Crippen LogP contribution in [-0.2, 0) is 20.0 Å². The molecule has 2 aromatic rings. The molecule has 0 saturated heterocycles. The summed E-state index contributed by atoms with van der Waals surface area (Å²) in [5, 5.41) is 22.7. The molecule has 0 aliphatic carbocycles. The van der Waals surface area contributed by atoms with Gasteiger partial charge in [0.1, 0.15) is 4.90 Å². The number of sulfonamides is 2. The lowest BCUT2D eigenvalue weighted by atomic mass is 10.3. The van der Waals surface area contributed by atoms with Crippen molar-refractivity contribution in [1.82, 2.24) is 4.72 Å². The van der Waals surface area contributed by atoms with Gasteiger partial charge in [0.25, 0.3) is 31.4 Å². The molecule has 0 saturated carbocycles. The number of nitro benzene ring substituents is 2. The first-order chi connectivity index (χ1) is 15.1. The van der Waals surface area contributed by atoms with Crippen LogP contribution in [0.5, 0.6) is 11.5 Å². The maximum Gasteiger partial charge on any atom is 0.470 e. The highest BCUT2D eigenvalue weighted by Crippen LogP contribution is 2.38. The zero-order chi connectivity index (χ0) is 24.8. The molecule has 14 nitrogen and oxygen atoms in total. The highest BCUT2D eigenvalue weighted by Gasteiger charge is 2.44. The Bertz CT molecular complexity index is 1340. The predicted octanol–water partition coefficient (Wildman–Crippen LogP) is 1.83. The fraction of sp³-hybridized carbons (Fsp3) is 0.143. The quantitative estimate of drug-likeness (QED) is 0.312. The van der Waals surface area contributed by atoms with E-state index in [0.29, 0.717) is 0 Å². The van der Waals surface area contributed by atoms with Crippen LogP contribution in [0.25, 0.3) is 0 Å². The molecule has 1 aliphatic heterocycles. The molecule has 33 heavy (non-hydrogen) atoms. The van der Waals surface area contributed by atoms with Crippen molar-refractivity contribution >= 4 is 37.1 Å². The van der Waals surface area contributed by atoms with E-state index in [-0.39, 0.29) is 40.8 Å². The Morgan fingerprint density at radius 3 is 1.94 bits per heavy atom. The van der Waals surface area contributed by atoms with Crippen molar-refractivity contribution in [1.29, 1.82) is 0 Å². The van der Waals surface area contributed by atoms with Crippen LogP contribution >= 0.6 is 0 Å². The number of hydrogen-bond donors (Lipinski definition) is 2. The molecule has 3 rings (SSSR count). The zero-order valence-corrected chi connectivity index (χ0v) is 17.2. The minimum Gasteiger partial charge on any atom is -0.454 e. The number of halogens is 3. The number of ether oxygens (including phenoxy) is 2. The Hall–Kier alpha value is -3.71. The van der Waals surface area contributed by atoms with Crippen LogP contribution < -0.4 is 18.9 Å². The zero-order valence-electron chi connectivity index (χ0n) is 15.5. The Morgan fingerprint density at radius 2 is 1.42 bits per heavy atom. The van der Waals surface area contributed by atoms with Gasteiger partial charge in [0.05, 0.1) is 15.5 Å². The smallest absolute Gasteiger partial charge is 0.454 e. The molecule has 1 heterocycles. The van der Waals surface area contributed by atoms with E-state index in [1.807, 2.05) is 4.72 Å². The van der Waals surface area contributed by atoms with Gasteiger partial charge in [-0.3, -0.25) is 25.0 Å². The van der Waals surface area contributed by atoms with E-state index in [2.05, 4.69) is 0 Å². The molecule has 0 bridgehead atoms. The van der Waals surface area contributed by atoms with Gasteiger partial charge in [-0.2, -0.15) is 13.2 Å². The lowest BCUT2D eigenvalue weighted by Gasteiger charge is -2.12. The Balaban J connectivity index is 2.15. The minimum atomic E-state index is -5.90. The summed E-state index contributed by atoms with van der Waals surface area (Å²) in [6, 6.07) is 3.82. The number of rotatable bonds is 7. The molecule has 0 spiro atoms. The fourth-order valence-electron chi connectivity index (χ4n) is 2.65. The lowest BCUT2D eigenvalue weighted by Crippen LogP contribution is -2.37. The summed E-state index contributed by atoms with van der Waals surface area (Å²) >= 11 is 0. The van der Waals surface area contributed by atoms with Gasteiger partial charge in [-0.1, -0.05) is 0 Å². The van der Waals surface area contributed by atoms with E-state index in [4.69, 9.17) is 9.47 Å². The van der Waals surface area contributed by atoms with Crippen molar-refractivity contribution in [2.45, 2.75) is 16.1 Å². The van der Waals surface area contributed by atoms with Crippen molar-refractivity contribution in [3.8, 4) is 11.5 Å². The van der Waals surface area contributed by atoms with Gasteiger partial charge in [-0.15, -0.1) is 4.72 Å². The number of nitrogens with zero attached hydrogens (tertiary/aromatic N) is 2. The third-order valence-electron chi connectivity index (χ3n) is 3.87. The van der Waals surface area contributed by atoms with Crippen LogP contribution in [0.2, 0.25) is 0 Å². The maximum absolute atomic E-state index is 12.7. The predicted molar refractivity (Wildman–Crippen MR) is 99.5 cm³/mol. The number of nitrogens with one attached hydrogen (secondary N) is 2. The molecular formula is C14H9F3N4O10S2. The van der Waals surface area contributed by atoms with Crippen LogP contribution in [0.15, 0.2) is 40.1 Å². The number of benzene rings is 2. The number of anilines is 1. The van der Waals surface area contributed by atoms with Crippen LogP contribution in [0.1, 0.15) is 0 Å². The van der Waals surface area contributed by atoms with Gasteiger partial charge >= 0.3 is 6.30 Å². The average molecular weight is 514 g/mol. The molecule has 0 fully saturated rings. The highest BCUT2D eigenvalue weighted by atomic mass is 32.2. The van der Waals surface area contributed by atoms with E-state index in [0.717, 1.165) is 6.07 Å². The summed E-state index contributed by atoms with van der Waals surface area (Å²) in [5.41, 5.74) is -3.71. The second-order valence-electron chi connectivity index (χ2n) is 6.08. The summed E-state index contributed by atoms with van der Waals surface area (Å²) in [6.45, 7) is -0.147. The molecule has 1 aliphatic rings. The second kappa shape index (κ2) is 8.01. The third kappa shape index (κ3) is 5.04. The second-order valence-corrected chi connectivity index (χ2v) is 9.38. The molecule has 0 amide bonds. The van der Waals surface area contributed by atoms with Crippen molar-refractivity contribution in [2.24, 2.45) is 0 Å². The number of hydrogen-bond acceptors (Lipinski definition) is 10. The van der Waals surface area contributed by atoms with E-state index in [1.54, 1.807) is 0 Å². The Morgan fingerprint density at radius 1 is 0.879 bits per heavy atom. The van der Waals surface area contributed by atoms with Crippen LogP contribution in [0.4, 0.5) is 30.2 Å². The topological polar surface area (TPSA) is 197 Å². The van der Waals surface area contributed by atoms with Gasteiger partial charge in [-0.05, 0) is 12.1 Å². The first-order valence-corrected chi connectivity index (χ1v) is 11.1. The average Bonchev–Trinajstić information content (AvgIpc) is 3.12. The lowest BCUT2D eigenvalue weighted by molar-refractivity contribution is -0.400. The van der Waals surface area contributed by atoms with Crippen LogP contribution in [0, 0.1) is 20.2 Å². The van der Waals surface area contributed by atoms with Crippen LogP contribution in [-0.4, -0.2) is 39.8 Å². The summed E-state index contributed by atoms with van der Waals surface area (Å²) in [6.07, 6.45) is -5.63. The number of alkyl halides is 3. The molecule has 0 atom stereocenters. The summed E-state index contributed by atoms with van der Waals surface area (Å²) < 4.78 is 99.2. The van der Waals surface area contributed by atoms with E-state index in [9.17, 15) is 50.2 Å². The van der Waals surface area contributed by atoms with Crippen molar-refractivity contribution in [3.05, 3.63) is 50.6 Å². The fourth-order valence-corrected chi connectivity index (χ4v) is 4.97. The minimum absolute atomic E-state index is 0.0766. The first kappa shape index (κ1) is 23.9. The number of fused-ring (bicyclic) bond motifs is 1. The molecule has 0 aromatic heterocycles. The van der Waals surface area contributed by atoms with Gasteiger partial charge in [0.15, 0.2) is 11.5 Å². The molecule has 178 valence electrons. The van der Waals surface area contributed by atoms with Crippen molar-refractivity contribution in [3.63, 3.8) is 0 Å². The van der Waals surface area contributed by atoms with Gasteiger partial charge < -0.3 is 9.47 Å². The summed E-state index contributed by atoms with van der Waals surface area (Å²) in [4.78, 5) is 16.4. The SMILES string of the molecule is O=[N+]([O-])c1cc(S(=O)(=O)Nc2ccc3c(c2)OCO3)cc([N+](=O)[O-])c1S(=O)(=O)NC(F)(F)F. The monoisotopic (exact) mass is 514 g/mol. The molecule has 0 unspecified atom stereocenters. The first-order valence-electron chi connectivity index (χ1n) is 8.11. The third-order valence-corrected chi connectivity index (χ3v) is 6.69. The molecule has 2 aromatic carbocycles. The van der Waals surface area contributed by atoms with Gasteiger partial charge in [0.2, 0.25) is 11.7 Å². The van der Waals surface area contributed by atoms with E-state index in [1.165, 1.54) is 12.1 Å². The van der Waals surface area contributed by atoms with Crippen molar-refractivity contribution < 1.29 is 49.3 Å². The Kier molecular flexibility index (Phi) is 5.81. The summed E-state index contributed by atoms with van der Waals surface area (Å²) in [7, 11) is -10.7. The largest absolute Gasteiger partial charge is 0.470 e. The van der Waals surface area contributed by atoms with E-state index < -0.39 is 57.4 Å². The highest BCUT2D eigenvalue weighted by molar-refractivity contribution is 7.92. The normalized spacial score (nSPS) is 13.5.